The van der Waals surface area contributed by atoms with Crippen LogP contribution < -0.4 is 34.3 Å². The molecule has 108 valence electrons. The average Bonchev–Trinajstić information content (AvgIpc) is 2.41. The second-order valence-electron chi connectivity index (χ2n) is 4.23. The molecule has 0 aliphatic heterocycles. The second kappa shape index (κ2) is 8.73. The van der Waals surface area contributed by atoms with Gasteiger partial charge in [0.25, 0.3) is 0 Å². The summed E-state index contributed by atoms with van der Waals surface area (Å²) in [5.74, 6) is 0.215. The molecule has 0 aliphatic rings. The zero-order chi connectivity index (χ0) is 14.4. The predicted molar refractivity (Wildman–Crippen MR) is 74.8 cm³/mol. The van der Waals surface area contributed by atoms with Crippen molar-refractivity contribution in [3.8, 4) is 5.75 Å². The minimum absolute atomic E-state index is 0. The van der Waals surface area contributed by atoms with Gasteiger partial charge in [0.05, 0.1) is 29.1 Å². The molecule has 2 aromatic carbocycles. The van der Waals surface area contributed by atoms with Crippen LogP contribution in [-0.4, -0.2) is 38.5 Å². The zero-order valence-corrected chi connectivity index (χ0v) is 14.6. The monoisotopic (exact) mass is 318 g/mol. The molecule has 0 heterocycles. The van der Waals surface area contributed by atoms with Crippen LogP contribution in [0.4, 0.5) is 0 Å². The van der Waals surface area contributed by atoms with Gasteiger partial charge < -0.3 is 14.0 Å². The van der Waals surface area contributed by atoms with Crippen LogP contribution in [0.3, 0.4) is 0 Å². The van der Waals surface area contributed by atoms with Gasteiger partial charge in [-0.2, -0.15) is 0 Å². The molecular formula is C14H15NaO5S. The van der Waals surface area contributed by atoms with Crippen LogP contribution in [0.5, 0.6) is 5.75 Å². The summed E-state index contributed by atoms with van der Waals surface area (Å²) in [6.45, 7) is 0.437. The summed E-state index contributed by atoms with van der Waals surface area (Å²) < 4.78 is 41.5. The Kier molecular flexibility index (Phi) is 7.65. The van der Waals surface area contributed by atoms with Crippen LogP contribution in [0.15, 0.2) is 42.5 Å². The van der Waals surface area contributed by atoms with E-state index in [0.29, 0.717) is 6.61 Å². The first-order chi connectivity index (χ1) is 9.54. The molecule has 0 radical (unpaired) electrons. The molecular weight excluding hydrogens is 303 g/mol. The van der Waals surface area contributed by atoms with Gasteiger partial charge in [-0.3, -0.25) is 0 Å². The molecule has 2 aromatic rings. The van der Waals surface area contributed by atoms with Gasteiger partial charge in [0, 0.05) is 0 Å². The Hall–Kier alpha value is -0.630. The van der Waals surface area contributed by atoms with E-state index in [2.05, 4.69) is 0 Å². The molecule has 21 heavy (non-hydrogen) atoms. The van der Waals surface area contributed by atoms with Gasteiger partial charge in [-0.25, -0.2) is 8.42 Å². The van der Waals surface area contributed by atoms with Crippen molar-refractivity contribution in [2.45, 2.75) is 0 Å². The standard InChI is InChI=1S/C14H16O5S.Na/c15-20(16,17)10-9-18-7-8-19-14-6-5-12-3-1-2-4-13(12)11-14;/h1-6,11H,7-10H2,(H,15,16,17);/q;+1/p-1. The Morgan fingerprint density at radius 3 is 2.38 bits per heavy atom. The fraction of sp³-hybridized carbons (Fsp3) is 0.286. The van der Waals surface area contributed by atoms with Gasteiger partial charge in [0.15, 0.2) is 0 Å². The van der Waals surface area contributed by atoms with Crippen molar-refractivity contribution in [3.63, 3.8) is 0 Å². The third kappa shape index (κ3) is 6.78. The molecule has 0 aliphatic carbocycles. The summed E-state index contributed by atoms with van der Waals surface area (Å²) in [7, 11) is -4.20. The second-order valence-corrected chi connectivity index (χ2v) is 5.76. The van der Waals surface area contributed by atoms with E-state index in [4.69, 9.17) is 9.47 Å². The van der Waals surface area contributed by atoms with Gasteiger partial charge in [0.2, 0.25) is 0 Å². The molecule has 0 spiro atoms. The maximum absolute atomic E-state index is 10.3. The SMILES string of the molecule is O=S(=O)([O-])CCOCCOc1ccc2ccccc2c1.[Na+]. The number of ether oxygens (including phenoxy) is 2. The maximum Gasteiger partial charge on any atom is 1.00 e. The van der Waals surface area contributed by atoms with E-state index in [-0.39, 0.29) is 42.8 Å². The Morgan fingerprint density at radius 2 is 1.67 bits per heavy atom. The van der Waals surface area contributed by atoms with E-state index < -0.39 is 15.9 Å². The molecule has 2 rings (SSSR count). The van der Waals surface area contributed by atoms with Crippen LogP contribution in [-0.2, 0) is 14.9 Å². The van der Waals surface area contributed by atoms with E-state index in [1.54, 1.807) is 0 Å². The van der Waals surface area contributed by atoms with Crippen molar-refractivity contribution in [1.29, 1.82) is 0 Å². The predicted octanol–water partition coefficient (Wildman–Crippen LogP) is -1.22. The van der Waals surface area contributed by atoms with Crippen LogP contribution in [0.25, 0.3) is 10.8 Å². The van der Waals surface area contributed by atoms with Crippen molar-refractivity contribution in [2.24, 2.45) is 0 Å². The summed E-state index contributed by atoms with van der Waals surface area (Å²) in [4.78, 5) is 0. The van der Waals surface area contributed by atoms with Crippen molar-refractivity contribution in [2.75, 3.05) is 25.6 Å². The van der Waals surface area contributed by atoms with Crippen LogP contribution in [0.1, 0.15) is 0 Å². The number of hydrogen-bond acceptors (Lipinski definition) is 5. The van der Waals surface area contributed by atoms with Gasteiger partial charge in [-0.05, 0) is 22.9 Å². The van der Waals surface area contributed by atoms with Crippen molar-refractivity contribution >= 4 is 20.9 Å². The molecule has 0 aromatic heterocycles. The quantitative estimate of drug-likeness (QED) is 0.364. The normalized spacial score (nSPS) is 11.1. The van der Waals surface area contributed by atoms with Crippen molar-refractivity contribution in [1.82, 2.24) is 0 Å². The third-order valence-corrected chi connectivity index (χ3v) is 3.36. The molecule has 0 fully saturated rings. The molecule has 7 heteroatoms. The van der Waals surface area contributed by atoms with Crippen LogP contribution in [0.2, 0.25) is 0 Å². The zero-order valence-electron chi connectivity index (χ0n) is 11.8. The van der Waals surface area contributed by atoms with Gasteiger partial charge in [-0.15, -0.1) is 0 Å². The number of rotatable bonds is 7. The van der Waals surface area contributed by atoms with E-state index in [9.17, 15) is 13.0 Å². The van der Waals surface area contributed by atoms with Gasteiger partial charge in [0.1, 0.15) is 12.4 Å². The first kappa shape index (κ1) is 18.4. The fourth-order valence-electron chi connectivity index (χ4n) is 1.74. The summed E-state index contributed by atoms with van der Waals surface area (Å²) in [6, 6.07) is 13.7. The van der Waals surface area contributed by atoms with E-state index in [1.165, 1.54) is 0 Å². The molecule has 0 saturated heterocycles. The average molecular weight is 318 g/mol. The Morgan fingerprint density at radius 1 is 0.952 bits per heavy atom. The van der Waals surface area contributed by atoms with Crippen LogP contribution in [0, 0.1) is 0 Å². The Labute approximate surface area is 146 Å². The Bertz CT molecular complexity index is 672. The summed E-state index contributed by atoms with van der Waals surface area (Å²) in [5.41, 5.74) is 0. The topological polar surface area (TPSA) is 75.7 Å². The smallest absolute Gasteiger partial charge is 0.748 e. The van der Waals surface area contributed by atoms with Crippen molar-refractivity contribution in [3.05, 3.63) is 42.5 Å². The fourth-order valence-corrected chi connectivity index (χ4v) is 2.06. The summed E-state index contributed by atoms with van der Waals surface area (Å²) >= 11 is 0. The summed E-state index contributed by atoms with van der Waals surface area (Å²) in [5, 5.41) is 2.22. The summed E-state index contributed by atoms with van der Waals surface area (Å²) in [6.07, 6.45) is 0. The first-order valence-corrected chi connectivity index (χ1v) is 7.75. The molecule has 0 saturated carbocycles. The third-order valence-electron chi connectivity index (χ3n) is 2.70. The van der Waals surface area contributed by atoms with E-state index in [0.717, 1.165) is 16.5 Å². The maximum atomic E-state index is 10.3. The minimum atomic E-state index is -4.20. The molecule has 5 nitrogen and oxygen atoms in total. The number of fused-ring (bicyclic) bond motifs is 1. The van der Waals surface area contributed by atoms with Crippen LogP contribution >= 0.6 is 0 Å². The van der Waals surface area contributed by atoms with Crippen molar-refractivity contribution < 1.29 is 52.0 Å². The number of benzene rings is 2. The van der Waals surface area contributed by atoms with E-state index in [1.807, 2.05) is 42.5 Å². The van der Waals surface area contributed by atoms with Gasteiger partial charge in [-0.1, -0.05) is 30.3 Å². The molecule has 0 bridgehead atoms. The largest absolute Gasteiger partial charge is 1.00 e. The Balaban J connectivity index is 0.00000220. The number of hydrogen-bond donors (Lipinski definition) is 0. The molecule has 0 atom stereocenters. The molecule has 0 unspecified atom stereocenters. The van der Waals surface area contributed by atoms with Gasteiger partial charge >= 0.3 is 29.6 Å². The first-order valence-electron chi connectivity index (χ1n) is 6.17. The molecule has 0 N–H and O–H groups in total. The van der Waals surface area contributed by atoms with E-state index >= 15 is 0 Å². The minimum Gasteiger partial charge on any atom is -0.748 e. The molecule has 0 amide bonds.